The van der Waals surface area contributed by atoms with E-state index in [0.717, 1.165) is 25.5 Å². The van der Waals surface area contributed by atoms with Gasteiger partial charge in [0.05, 0.1) is 6.20 Å². The van der Waals surface area contributed by atoms with Crippen LogP contribution in [0, 0.1) is 5.95 Å². The zero-order chi connectivity index (χ0) is 10.8. The molecule has 1 heterocycles. The van der Waals surface area contributed by atoms with Gasteiger partial charge in [-0.15, -0.1) is 0 Å². The molecule has 1 fully saturated rings. The highest BCUT2D eigenvalue weighted by Gasteiger charge is 2.23. The van der Waals surface area contributed by atoms with Crippen molar-refractivity contribution in [2.75, 3.05) is 0 Å². The molecule has 1 aromatic rings. The molecule has 0 unspecified atom stereocenters. The number of carbonyl (C=O) groups excluding carboxylic acids is 1. The van der Waals surface area contributed by atoms with E-state index >= 15 is 0 Å². The van der Waals surface area contributed by atoms with E-state index < -0.39 is 11.9 Å². The molecule has 0 bridgehead atoms. The fourth-order valence-corrected chi connectivity index (χ4v) is 1.25. The molecule has 0 spiro atoms. The third-order valence-corrected chi connectivity index (χ3v) is 2.27. The summed E-state index contributed by atoms with van der Waals surface area (Å²) in [6.07, 6.45) is 3.86. The molecule has 15 heavy (non-hydrogen) atoms. The minimum absolute atomic E-state index is 0.0219. The van der Waals surface area contributed by atoms with Crippen LogP contribution < -0.4 is 10.5 Å². The van der Waals surface area contributed by atoms with E-state index in [-0.39, 0.29) is 17.7 Å². The Kier molecular flexibility index (Phi) is 2.49. The Labute approximate surface area is 85.5 Å². The maximum absolute atomic E-state index is 12.7. The number of amides is 1. The third kappa shape index (κ3) is 2.03. The largest absolute Gasteiger partial charge is 0.473 e. The van der Waals surface area contributed by atoms with Gasteiger partial charge in [-0.05, 0) is 19.3 Å². The van der Waals surface area contributed by atoms with Gasteiger partial charge in [0.25, 0.3) is 5.91 Å². The Hall–Kier alpha value is -1.72. The van der Waals surface area contributed by atoms with Gasteiger partial charge >= 0.3 is 0 Å². The van der Waals surface area contributed by atoms with Crippen LogP contribution in [0.4, 0.5) is 4.39 Å². The highest BCUT2D eigenvalue weighted by atomic mass is 19.1. The van der Waals surface area contributed by atoms with Crippen LogP contribution in [0.3, 0.4) is 0 Å². The first kappa shape index (κ1) is 9.82. The number of hydrogen-bond donors (Lipinski definition) is 1. The van der Waals surface area contributed by atoms with Gasteiger partial charge in [-0.25, -0.2) is 9.97 Å². The lowest BCUT2D eigenvalue weighted by molar-refractivity contribution is 0.0948. The van der Waals surface area contributed by atoms with Crippen molar-refractivity contribution in [3.05, 3.63) is 17.8 Å². The molecule has 2 rings (SSSR count). The van der Waals surface area contributed by atoms with E-state index in [4.69, 9.17) is 10.5 Å². The van der Waals surface area contributed by atoms with Crippen molar-refractivity contribution in [3.63, 3.8) is 0 Å². The first-order chi connectivity index (χ1) is 7.16. The highest BCUT2D eigenvalue weighted by molar-refractivity contribution is 5.92. The van der Waals surface area contributed by atoms with Gasteiger partial charge in [-0.3, -0.25) is 4.79 Å². The topological polar surface area (TPSA) is 78.1 Å². The molecule has 0 atom stereocenters. The van der Waals surface area contributed by atoms with Gasteiger partial charge < -0.3 is 10.5 Å². The first-order valence-corrected chi connectivity index (χ1v) is 4.66. The van der Waals surface area contributed by atoms with Crippen LogP contribution >= 0.6 is 0 Å². The molecule has 0 aliphatic heterocycles. The van der Waals surface area contributed by atoms with Crippen molar-refractivity contribution in [2.24, 2.45) is 5.73 Å². The monoisotopic (exact) mass is 211 g/mol. The van der Waals surface area contributed by atoms with Crippen molar-refractivity contribution in [1.82, 2.24) is 9.97 Å². The van der Waals surface area contributed by atoms with Crippen molar-refractivity contribution in [3.8, 4) is 5.88 Å². The summed E-state index contributed by atoms with van der Waals surface area (Å²) in [5.41, 5.74) is 4.78. The number of nitrogens with zero attached hydrogens (tertiary/aromatic N) is 2. The molecule has 6 heteroatoms. The Bertz CT molecular complexity index is 393. The number of aromatic nitrogens is 2. The number of nitrogens with two attached hydrogens (primary N) is 1. The molecule has 1 amide bonds. The van der Waals surface area contributed by atoms with Crippen molar-refractivity contribution >= 4 is 5.91 Å². The number of rotatable bonds is 3. The summed E-state index contributed by atoms with van der Waals surface area (Å²) in [6.45, 7) is 0. The minimum Gasteiger partial charge on any atom is -0.473 e. The smallest absolute Gasteiger partial charge is 0.273 e. The summed E-state index contributed by atoms with van der Waals surface area (Å²) < 4.78 is 18.1. The molecule has 1 aliphatic carbocycles. The molecule has 0 radical (unpaired) electrons. The van der Waals surface area contributed by atoms with Gasteiger partial charge in [0, 0.05) is 0 Å². The number of ether oxygens (including phenoxy) is 1. The molecule has 1 saturated carbocycles. The van der Waals surface area contributed by atoms with Crippen LogP contribution in [0.25, 0.3) is 0 Å². The summed E-state index contributed by atoms with van der Waals surface area (Å²) in [5.74, 6) is -1.66. The second kappa shape index (κ2) is 3.80. The third-order valence-electron chi connectivity index (χ3n) is 2.27. The molecule has 0 aromatic carbocycles. The van der Waals surface area contributed by atoms with Crippen LogP contribution in [0.5, 0.6) is 5.88 Å². The highest BCUT2D eigenvalue weighted by Crippen LogP contribution is 2.25. The summed E-state index contributed by atoms with van der Waals surface area (Å²) in [6, 6.07) is 0. The van der Waals surface area contributed by atoms with E-state index in [1.54, 1.807) is 0 Å². The second-order valence-corrected chi connectivity index (χ2v) is 3.38. The fraction of sp³-hybridized carbons (Fsp3) is 0.444. The van der Waals surface area contributed by atoms with Gasteiger partial charge in [-0.2, -0.15) is 4.39 Å². The van der Waals surface area contributed by atoms with Gasteiger partial charge in [-0.1, -0.05) is 0 Å². The molecule has 5 nitrogen and oxygen atoms in total. The lowest BCUT2D eigenvalue weighted by Gasteiger charge is -2.25. The molecule has 0 saturated heterocycles. The molecular weight excluding hydrogens is 201 g/mol. The Morgan fingerprint density at radius 3 is 2.87 bits per heavy atom. The predicted octanol–water partition coefficient (Wildman–Crippen LogP) is 0.646. The molecule has 1 aromatic heterocycles. The summed E-state index contributed by atoms with van der Waals surface area (Å²) >= 11 is 0. The van der Waals surface area contributed by atoms with Crippen LogP contribution in [0.1, 0.15) is 29.8 Å². The number of hydrogen-bond acceptors (Lipinski definition) is 4. The lowest BCUT2D eigenvalue weighted by atomic mass is 9.96. The summed E-state index contributed by atoms with van der Waals surface area (Å²) in [4.78, 5) is 18.0. The Balaban J connectivity index is 2.23. The van der Waals surface area contributed by atoms with Crippen LogP contribution in [0.15, 0.2) is 6.20 Å². The zero-order valence-corrected chi connectivity index (χ0v) is 7.94. The van der Waals surface area contributed by atoms with Crippen molar-refractivity contribution < 1.29 is 13.9 Å². The van der Waals surface area contributed by atoms with Crippen LogP contribution in [-0.4, -0.2) is 22.0 Å². The number of carbonyl (C=O) groups is 1. The first-order valence-electron chi connectivity index (χ1n) is 4.66. The zero-order valence-electron chi connectivity index (χ0n) is 7.94. The van der Waals surface area contributed by atoms with Crippen molar-refractivity contribution in [2.45, 2.75) is 25.4 Å². The van der Waals surface area contributed by atoms with E-state index in [1.165, 1.54) is 0 Å². The number of primary amides is 1. The van der Waals surface area contributed by atoms with Gasteiger partial charge in [0.1, 0.15) is 6.10 Å². The molecular formula is C9H10FN3O2. The quantitative estimate of drug-likeness (QED) is 0.796. The van der Waals surface area contributed by atoms with E-state index in [9.17, 15) is 9.18 Å². The standard InChI is InChI=1S/C9H10FN3O2/c10-6-4-12-9(7(13-6)8(11)14)15-5-2-1-3-5/h4-5H,1-3H2,(H2,11,14). The predicted molar refractivity (Wildman–Crippen MR) is 48.8 cm³/mol. The molecule has 2 N–H and O–H groups in total. The van der Waals surface area contributed by atoms with E-state index in [1.807, 2.05) is 0 Å². The van der Waals surface area contributed by atoms with Crippen LogP contribution in [0.2, 0.25) is 0 Å². The SMILES string of the molecule is NC(=O)c1nc(F)cnc1OC1CCC1. The Morgan fingerprint density at radius 2 is 2.33 bits per heavy atom. The number of halogens is 1. The van der Waals surface area contributed by atoms with Crippen LogP contribution in [-0.2, 0) is 0 Å². The van der Waals surface area contributed by atoms with Crippen molar-refractivity contribution in [1.29, 1.82) is 0 Å². The molecule has 80 valence electrons. The lowest BCUT2D eigenvalue weighted by Crippen LogP contribution is -2.27. The van der Waals surface area contributed by atoms with Gasteiger partial charge in [0.2, 0.25) is 11.8 Å². The van der Waals surface area contributed by atoms with E-state index in [2.05, 4.69) is 9.97 Å². The average molecular weight is 211 g/mol. The van der Waals surface area contributed by atoms with Gasteiger partial charge in [0.15, 0.2) is 5.69 Å². The molecule has 1 aliphatic rings. The normalized spacial score (nSPS) is 15.8. The maximum atomic E-state index is 12.7. The minimum atomic E-state index is -0.843. The summed E-state index contributed by atoms with van der Waals surface area (Å²) in [5, 5.41) is 0. The second-order valence-electron chi connectivity index (χ2n) is 3.38. The van der Waals surface area contributed by atoms with E-state index in [0.29, 0.717) is 0 Å². The Morgan fingerprint density at radius 1 is 1.60 bits per heavy atom. The summed E-state index contributed by atoms with van der Waals surface area (Å²) in [7, 11) is 0. The average Bonchev–Trinajstić information content (AvgIpc) is 2.12. The maximum Gasteiger partial charge on any atom is 0.273 e. The fourth-order valence-electron chi connectivity index (χ4n) is 1.25.